The van der Waals surface area contributed by atoms with Crippen molar-refractivity contribution in [3.63, 3.8) is 0 Å². The van der Waals surface area contributed by atoms with Crippen LogP contribution in [0.15, 0.2) is 60.7 Å². The van der Waals surface area contributed by atoms with Crippen LogP contribution in [0.3, 0.4) is 0 Å². The summed E-state index contributed by atoms with van der Waals surface area (Å²) in [5, 5.41) is 2.88. The van der Waals surface area contributed by atoms with E-state index in [2.05, 4.69) is 5.32 Å². The van der Waals surface area contributed by atoms with Gasteiger partial charge in [-0.05, 0) is 25.0 Å². The first kappa shape index (κ1) is 21.2. The second kappa shape index (κ2) is 10.9. The van der Waals surface area contributed by atoms with Gasteiger partial charge in [-0.15, -0.1) is 0 Å². The number of hydrogen-bond donors (Lipinski definition) is 1. The molecule has 0 spiro atoms. The lowest BCUT2D eigenvalue weighted by molar-refractivity contribution is 0.181. The summed E-state index contributed by atoms with van der Waals surface area (Å²) in [5.74, 6) is 0. The van der Waals surface area contributed by atoms with E-state index in [1.165, 1.54) is 4.90 Å². The van der Waals surface area contributed by atoms with Crippen LogP contribution in [0, 0.1) is 0 Å². The third-order valence-corrected chi connectivity index (χ3v) is 5.78. The number of urea groups is 1. The van der Waals surface area contributed by atoms with E-state index in [-0.39, 0.29) is 25.5 Å². The van der Waals surface area contributed by atoms with Crippen LogP contribution in [0.4, 0.5) is 4.79 Å². The fourth-order valence-electron chi connectivity index (χ4n) is 2.60. The van der Waals surface area contributed by atoms with Gasteiger partial charge < -0.3 is 19.3 Å². The Labute approximate surface area is 161 Å². The monoisotopic (exact) mass is 390 g/mol. The molecule has 6 nitrogen and oxygen atoms in total. The number of nitrogens with one attached hydrogen (secondary N) is 1. The fraction of sp³-hybridized carbons (Fsp3) is 0.350. The summed E-state index contributed by atoms with van der Waals surface area (Å²) in [6, 6.07) is 18.9. The van der Waals surface area contributed by atoms with Gasteiger partial charge in [-0.2, -0.15) is 0 Å². The maximum absolute atomic E-state index is 12.9. The molecule has 0 fully saturated rings. The maximum Gasteiger partial charge on any atom is 0.349 e. The van der Waals surface area contributed by atoms with Crippen molar-refractivity contribution < 1.29 is 18.4 Å². The van der Waals surface area contributed by atoms with Gasteiger partial charge >= 0.3 is 13.6 Å². The van der Waals surface area contributed by atoms with E-state index < -0.39 is 7.60 Å². The third-order valence-electron chi connectivity index (χ3n) is 3.79. The lowest BCUT2D eigenvalue weighted by atomic mass is 10.2. The molecule has 0 saturated heterocycles. The van der Waals surface area contributed by atoms with Crippen molar-refractivity contribution in [3.05, 3.63) is 71.8 Å². The SMILES string of the molecule is CCOP(=O)(CN(Cc1ccccc1)C(=O)NCc1ccccc1)OCC. The number of nitrogens with zero attached hydrogens (tertiary/aromatic N) is 1. The molecule has 0 saturated carbocycles. The van der Waals surface area contributed by atoms with Crippen LogP contribution in [0.2, 0.25) is 0 Å². The van der Waals surface area contributed by atoms with Gasteiger partial charge in [0.25, 0.3) is 0 Å². The average molecular weight is 390 g/mol. The van der Waals surface area contributed by atoms with Crippen LogP contribution in [-0.4, -0.2) is 30.4 Å². The summed E-state index contributed by atoms with van der Waals surface area (Å²) in [4.78, 5) is 14.3. The van der Waals surface area contributed by atoms with Crippen molar-refractivity contribution in [2.24, 2.45) is 0 Å². The second-order valence-corrected chi connectivity index (χ2v) is 7.94. The van der Waals surface area contributed by atoms with Gasteiger partial charge in [0.15, 0.2) is 0 Å². The second-order valence-electron chi connectivity index (χ2n) is 5.92. The van der Waals surface area contributed by atoms with Crippen LogP contribution >= 0.6 is 7.60 Å². The molecule has 27 heavy (non-hydrogen) atoms. The number of carbonyl (C=O) groups is 1. The molecule has 146 valence electrons. The molecule has 2 rings (SSSR count). The van der Waals surface area contributed by atoms with Crippen molar-refractivity contribution >= 4 is 13.6 Å². The molecule has 0 aliphatic heterocycles. The Morgan fingerprint density at radius 1 is 0.926 bits per heavy atom. The molecule has 2 amide bonds. The van der Waals surface area contributed by atoms with Crippen LogP contribution in [0.1, 0.15) is 25.0 Å². The van der Waals surface area contributed by atoms with Gasteiger partial charge in [0.1, 0.15) is 6.29 Å². The van der Waals surface area contributed by atoms with Crippen LogP contribution in [0.25, 0.3) is 0 Å². The Bertz CT molecular complexity index is 730. The van der Waals surface area contributed by atoms with Gasteiger partial charge in [0.2, 0.25) is 0 Å². The molecule has 0 radical (unpaired) electrons. The van der Waals surface area contributed by atoms with Crippen molar-refractivity contribution in [3.8, 4) is 0 Å². The molecule has 0 aliphatic rings. The Morgan fingerprint density at radius 3 is 1.96 bits per heavy atom. The number of benzene rings is 2. The molecule has 0 aliphatic carbocycles. The normalized spacial score (nSPS) is 11.2. The largest absolute Gasteiger partial charge is 0.349 e. The van der Waals surface area contributed by atoms with Gasteiger partial charge in [-0.3, -0.25) is 4.57 Å². The predicted octanol–water partition coefficient (Wildman–Crippen LogP) is 4.62. The minimum atomic E-state index is -3.40. The predicted molar refractivity (Wildman–Crippen MR) is 106 cm³/mol. The van der Waals surface area contributed by atoms with Crippen LogP contribution in [-0.2, 0) is 26.7 Å². The Morgan fingerprint density at radius 2 is 1.44 bits per heavy atom. The number of amides is 2. The van der Waals surface area contributed by atoms with E-state index in [9.17, 15) is 9.36 Å². The first-order valence-electron chi connectivity index (χ1n) is 9.05. The molecule has 2 aromatic rings. The minimum absolute atomic E-state index is 0.107. The van der Waals surface area contributed by atoms with Crippen LogP contribution < -0.4 is 5.32 Å². The van der Waals surface area contributed by atoms with Crippen molar-refractivity contribution in [1.82, 2.24) is 10.2 Å². The zero-order chi connectivity index (χ0) is 19.5. The minimum Gasteiger partial charge on any atom is -0.334 e. The van der Waals surface area contributed by atoms with Crippen molar-refractivity contribution in [2.45, 2.75) is 26.9 Å². The van der Waals surface area contributed by atoms with E-state index in [1.807, 2.05) is 60.7 Å². The van der Waals surface area contributed by atoms with Gasteiger partial charge in [-0.1, -0.05) is 60.7 Å². The molecule has 0 heterocycles. The zero-order valence-electron chi connectivity index (χ0n) is 15.8. The van der Waals surface area contributed by atoms with E-state index in [4.69, 9.17) is 9.05 Å². The smallest absolute Gasteiger partial charge is 0.334 e. The Balaban J connectivity index is 2.12. The van der Waals surface area contributed by atoms with Gasteiger partial charge in [-0.25, -0.2) is 4.79 Å². The molecule has 0 unspecified atom stereocenters. The number of rotatable bonds is 10. The molecular formula is C20H27N2O4P. The average Bonchev–Trinajstić information content (AvgIpc) is 2.67. The Kier molecular flexibility index (Phi) is 8.52. The summed E-state index contributed by atoms with van der Waals surface area (Å²) in [5.41, 5.74) is 1.93. The highest BCUT2D eigenvalue weighted by atomic mass is 31.2. The highest BCUT2D eigenvalue weighted by molar-refractivity contribution is 7.53. The molecule has 2 aromatic carbocycles. The fourth-order valence-corrected chi connectivity index (χ4v) is 4.27. The van der Waals surface area contributed by atoms with Crippen molar-refractivity contribution in [1.29, 1.82) is 0 Å². The highest BCUT2D eigenvalue weighted by Gasteiger charge is 2.30. The van der Waals surface area contributed by atoms with Crippen molar-refractivity contribution in [2.75, 3.05) is 19.5 Å². The summed E-state index contributed by atoms with van der Waals surface area (Å²) in [7, 11) is -3.40. The molecule has 0 atom stereocenters. The Hall–Kier alpha value is -2.14. The lowest BCUT2D eigenvalue weighted by Crippen LogP contribution is -2.40. The summed E-state index contributed by atoms with van der Waals surface area (Å²) >= 11 is 0. The van der Waals surface area contributed by atoms with E-state index in [1.54, 1.807) is 13.8 Å². The quantitative estimate of drug-likeness (QED) is 0.601. The van der Waals surface area contributed by atoms with E-state index in [0.717, 1.165) is 11.1 Å². The molecular weight excluding hydrogens is 363 g/mol. The number of hydrogen-bond acceptors (Lipinski definition) is 4. The first-order chi connectivity index (χ1) is 13.1. The number of carbonyl (C=O) groups excluding carboxylic acids is 1. The van der Waals surface area contributed by atoms with Crippen LogP contribution in [0.5, 0.6) is 0 Å². The molecule has 7 heteroatoms. The third kappa shape index (κ3) is 7.18. The topological polar surface area (TPSA) is 67.9 Å². The maximum atomic E-state index is 12.9. The highest BCUT2D eigenvalue weighted by Crippen LogP contribution is 2.48. The van der Waals surface area contributed by atoms with E-state index >= 15 is 0 Å². The van der Waals surface area contributed by atoms with E-state index in [0.29, 0.717) is 13.1 Å². The van der Waals surface area contributed by atoms with Gasteiger partial charge in [0, 0.05) is 13.1 Å². The summed E-state index contributed by atoms with van der Waals surface area (Å²) < 4.78 is 23.7. The standard InChI is InChI=1S/C20H27N2O4P/c1-3-25-27(24,26-4-2)17-22(16-19-13-9-6-10-14-19)20(23)21-15-18-11-7-5-8-12-18/h5-14H,3-4,15-17H2,1-2H3,(H,21,23). The summed E-state index contributed by atoms with van der Waals surface area (Å²) in [6.07, 6.45) is -0.107. The lowest BCUT2D eigenvalue weighted by Gasteiger charge is -2.27. The molecule has 1 N–H and O–H groups in total. The molecule has 0 aromatic heterocycles. The zero-order valence-corrected chi connectivity index (χ0v) is 16.7. The molecule has 0 bridgehead atoms. The first-order valence-corrected chi connectivity index (χ1v) is 10.8. The summed E-state index contributed by atoms with van der Waals surface area (Å²) in [6.45, 7) is 4.71. The van der Waals surface area contributed by atoms with Gasteiger partial charge in [0.05, 0.1) is 13.2 Å².